The SMILES string of the molecule is Cc1ccn2c(c1)nc1c(Cl)nc(C)nc12. The Kier molecular flexibility index (Phi) is 1.88. The predicted molar refractivity (Wildman–Crippen MR) is 62.8 cm³/mol. The van der Waals surface area contributed by atoms with Crippen molar-refractivity contribution >= 4 is 28.4 Å². The lowest BCUT2D eigenvalue weighted by molar-refractivity contribution is 1.06. The summed E-state index contributed by atoms with van der Waals surface area (Å²) < 4.78 is 1.92. The highest BCUT2D eigenvalue weighted by molar-refractivity contribution is 6.33. The average molecular weight is 233 g/mol. The Morgan fingerprint density at radius 3 is 2.81 bits per heavy atom. The number of nitrogens with zero attached hydrogens (tertiary/aromatic N) is 4. The van der Waals surface area contributed by atoms with Crippen LogP contribution >= 0.6 is 11.6 Å². The van der Waals surface area contributed by atoms with Gasteiger partial charge in [-0.25, -0.2) is 15.0 Å². The van der Waals surface area contributed by atoms with E-state index in [0.29, 0.717) is 16.5 Å². The lowest BCUT2D eigenvalue weighted by Crippen LogP contribution is -1.92. The first-order valence-electron chi connectivity index (χ1n) is 4.94. The summed E-state index contributed by atoms with van der Waals surface area (Å²) in [4.78, 5) is 12.9. The van der Waals surface area contributed by atoms with Crippen LogP contribution in [0.1, 0.15) is 11.4 Å². The molecule has 0 amide bonds. The van der Waals surface area contributed by atoms with Crippen LogP contribution in [0.15, 0.2) is 18.3 Å². The molecule has 3 heterocycles. The van der Waals surface area contributed by atoms with Gasteiger partial charge in [0.15, 0.2) is 10.8 Å². The number of hydrogen-bond acceptors (Lipinski definition) is 3. The first-order valence-corrected chi connectivity index (χ1v) is 5.31. The molecule has 5 heteroatoms. The van der Waals surface area contributed by atoms with Crippen LogP contribution in [-0.2, 0) is 0 Å². The van der Waals surface area contributed by atoms with Crippen LogP contribution in [0.4, 0.5) is 0 Å². The van der Waals surface area contributed by atoms with Crippen LogP contribution in [0.25, 0.3) is 16.8 Å². The minimum Gasteiger partial charge on any atom is -0.284 e. The quantitative estimate of drug-likeness (QED) is 0.560. The molecule has 0 saturated carbocycles. The number of aromatic nitrogens is 4. The van der Waals surface area contributed by atoms with Crippen LogP contribution in [0.5, 0.6) is 0 Å². The molecule has 0 aliphatic carbocycles. The molecule has 80 valence electrons. The van der Waals surface area contributed by atoms with Crippen molar-refractivity contribution in [1.82, 2.24) is 19.4 Å². The minimum atomic E-state index is 0.406. The first kappa shape index (κ1) is 9.54. The number of fused-ring (bicyclic) bond motifs is 3. The molecule has 0 aliphatic rings. The number of aryl methyl sites for hydroxylation is 2. The first-order chi connectivity index (χ1) is 7.65. The van der Waals surface area contributed by atoms with Gasteiger partial charge in [0.05, 0.1) is 0 Å². The molecule has 0 saturated heterocycles. The van der Waals surface area contributed by atoms with Gasteiger partial charge >= 0.3 is 0 Å². The molecule has 4 nitrogen and oxygen atoms in total. The number of halogens is 1. The fraction of sp³-hybridized carbons (Fsp3) is 0.182. The monoisotopic (exact) mass is 232 g/mol. The van der Waals surface area contributed by atoms with Crippen LogP contribution < -0.4 is 0 Å². The van der Waals surface area contributed by atoms with Crippen molar-refractivity contribution in [1.29, 1.82) is 0 Å². The van der Waals surface area contributed by atoms with E-state index in [1.54, 1.807) is 0 Å². The van der Waals surface area contributed by atoms with Gasteiger partial charge in [-0.15, -0.1) is 0 Å². The van der Waals surface area contributed by atoms with Gasteiger partial charge < -0.3 is 0 Å². The van der Waals surface area contributed by atoms with Gasteiger partial charge in [-0.3, -0.25) is 4.40 Å². The van der Waals surface area contributed by atoms with Crippen LogP contribution in [0.3, 0.4) is 0 Å². The van der Waals surface area contributed by atoms with Gasteiger partial charge in [0.2, 0.25) is 0 Å². The molecule has 0 atom stereocenters. The van der Waals surface area contributed by atoms with Crippen molar-refractivity contribution in [3.05, 3.63) is 34.9 Å². The van der Waals surface area contributed by atoms with Crippen LogP contribution in [0.2, 0.25) is 5.15 Å². The highest BCUT2D eigenvalue weighted by atomic mass is 35.5. The van der Waals surface area contributed by atoms with Crippen LogP contribution in [0, 0.1) is 13.8 Å². The van der Waals surface area contributed by atoms with Crippen molar-refractivity contribution in [2.75, 3.05) is 0 Å². The van der Waals surface area contributed by atoms with Crippen LogP contribution in [-0.4, -0.2) is 19.4 Å². The summed E-state index contributed by atoms with van der Waals surface area (Å²) in [6, 6.07) is 4.01. The van der Waals surface area contributed by atoms with Crippen molar-refractivity contribution < 1.29 is 0 Å². The average Bonchev–Trinajstić information content (AvgIpc) is 2.56. The van der Waals surface area contributed by atoms with Gasteiger partial charge in [0.25, 0.3) is 0 Å². The molecule has 0 bridgehead atoms. The van der Waals surface area contributed by atoms with E-state index in [1.165, 1.54) is 0 Å². The Labute approximate surface area is 96.9 Å². The minimum absolute atomic E-state index is 0.406. The lowest BCUT2D eigenvalue weighted by Gasteiger charge is -1.97. The maximum absolute atomic E-state index is 6.05. The predicted octanol–water partition coefficient (Wildman–Crippen LogP) is 2.55. The zero-order valence-corrected chi connectivity index (χ0v) is 9.65. The van der Waals surface area contributed by atoms with E-state index in [2.05, 4.69) is 15.0 Å². The van der Waals surface area contributed by atoms with E-state index < -0.39 is 0 Å². The Hall–Kier alpha value is -1.68. The number of pyridine rings is 1. The van der Waals surface area contributed by atoms with Gasteiger partial charge in [-0.05, 0) is 31.5 Å². The van der Waals surface area contributed by atoms with Crippen molar-refractivity contribution in [2.45, 2.75) is 13.8 Å². The molecule has 0 unspecified atom stereocenters. The maximum atomic E-state index is 6.05. The third-order valence-corrected chi connectivity index (χ3v) is 2.74. The van der Waals surface area contributed by atoms with E-state index in [4.69, 9.17) is 11.6 Å². The van der Waals surface area contributed by atoms with E-state index >= 15 is 0 Å². The van der Waals surface area contributed by atoms with E-state index in [0.717, 1.165) is 16.9 Å². The number of rotatable bonds is 0. The molecule has 0 aromatic carbocycles. The third kappa shape index (κ3) is 1.27. The van der Waals surface area contributed by atoms with Crippen molar-refractivity contribution in [2.24, 2.45) is 0 Å². The fourth-order valence-corrected chi connectivity index (χ4v) is 2.00. The van der Waals surface area contributed by atoms with E-state index in [-0.39, 0.29) is 0 Å². The summed E-state index contributed by atoms with van der Waals surface area (Å²) in [7, 11) is 0. The maximum Gasteiger partial charge on any atom is 0.169 e. The number of imidazole rings is 1. The summed E-state index contributed by atoms with van der Waals surface area (Å²) in [5.41, 5.74) is 3.41. The molecular formula is C11H9ClN4. The molecule has 0 fully saturated rings. The van der Waals surface area contributed by atoms with Gasteiger partial charge in [0.1, 0.15) is 17.0 Å². The second-order valence-corrected chi connectivity index (χ2v) is 4.14. The van der Waals surface area contributed by atoms with Gasteiger partial charge in [0, 0.05) is 6.20 Å². The third-order valence-electron chi connectivity index (χ3n) is 2.48. The zero-order valence-electron chi connectivity index (χ0n) is 8.90. The molecule has 3 rings (SSSR count). The topological polar surface area (TPSA) is 43.1 Å². The Balaban J connectivity index is 2.55. The van der Waals surface area contributed by atoms with Gasteiger partial charge in [-0.2, -0.15) is 0 Å². The van der Waals surface area contributed by atoms with Crippen molar-refractivity contribution in [3.63, 3.8) is 0 Å². The van der Waals surface area contributed by atoms with Crippen molar-refractivity contribution in [3.8, 4) is 0 Å². The second kappa shape index (κ2) is 3.15. The molecule has 3 aromatic rings. The highest BCUT2D eigenvalue weighted by Gasteiger charge is 2.10. The van der Waals surface area contributed by atoms with Gasteiger partial charge in [-0.1, -0.05) is 11.6 Å². The normalized spacial score (nSPS) is 11.4. The Morgan fingerprint density at radius 2 is 2.00 bits per heavy atom. The molecule has 0 radical (unpaired) electrons. The largest absolute Gasteiger partial charge is 0.284 e. The summed E-state index contributed by atoms with van der Waals surface area (Å²) >= 11 is 6.05. The lowest BCUT2D eigenvalue weighted by atomic mass is 10.3. The fourth-order valence-electron chi connectivity index (χ4n) is 1.75. The molecule has 16 heavy (non-hydrogen) atoms. The molecule has 0 aliphatic heterocycles. The Morgan fingerprint density at radius 1 is 1.19 bits per heavy atom. The zero-order chi connectivity index (χ0) is 11.3. The second-order valence-electron chi connectivity index (χ2n) is 3.78. The highest BCUT2D eigenvalue weighted by Crippen LogP contribution is 2.21. The molecule has 3 aromatic heterocycles. The molecule has 0 N–H and O–H groups in total. The number of hydrogen-bond donors (Lipinski definition) is 0. The van der Waals surface area contributed by atoms with E-state index in [1.807, 2.05) is 36.6 Å². The standard InChI is InChI=1S/C11H9ClN4/c1-6-3-4-16-8(5-6)15-9-10(12)13-7(2)14-11(9)16/h3-5H,1-2H3. The molecule has 0 spiro atoms. The van der Waals surface area contributed by atoms with E-state index in [9.17, 15) is 0 Å². The summed E-state index contributed by atoms with van der Waals surface area (Å²) in [6.45, 7) is 3.84. The Bertz CT molecular complexity index is 702. The summed E-state index contributed by atoms with van der Waals surface area (Å²) in [5, 5.41) is 0.406. The smallest absolute Gasteiger partial charge is 0.169 e. The molecular weight excluding hydrogens is 224 g/mol. The summed E-state index contributed by atoms with van der Waals surface area (Å²) in [5.74, 6) is 0.653. The summed E-state index contributed by atoms with van der Waals surface area (Å²) in [6.07, 6.45) is 1.95.